The second-order valence-electron chi connectivity index (χ2n) is 5.35. The third-order valence-corrected chi connectivity index (χ3v) is 3.68. The molecule has 1 fully saturated rings. The first-order valence-electron chi connectivity index (χ1n) is 6.47. The molecule has 0 bridgehead atoms. The molecular formula is C15H23N. The van der Waals surface area contributed by atoms with Gasteiger partial charge in [-0.05, 0) is 51.6 Å². The van der Waals surface area contributed by atoms with E-state index in [1.54, 1.807) is 0 Å². The first-order chi connectivity index (χ1) is 7.65. The molecule has 88 valence electrons. The van der Waals surface area contributed by atoms with Gasteiger partial charge in [0.15, 0.2) is 0 Å². The second kappa shape index (κ2) is 5.01. The molecule has 1 heteroatoms. The van der Waals surface area contributed by atoms with Gasteiger partial charge in [-0.3, -0.25) is 0 Å². The zero-order chi connectivity index (χ0) is 11.5. The Balaban J connectivity index is 1.93. The molecule has 1 aliphatic carbocycles. The van der Waals surface area contributed by atoms with E-state index < -0.39 is 0 Å². The van der Waals surface area contributed by atoms with Crippen LogP contribution in [0.4, 0.5) is 0 Å². The quantitative estimate of drug-likeness (QED) is 0.810. The number of hydrogen-bond acceptors (Lipinski definition) is 1. The van der Waals surface area contributed by atoms with Crippen molar-refractivity contribution < 1.29 is 0 Å². The molecule has 0 saturated heterocycles. The average Bonchev–Trinajstić information content (AvgIpc) is 2.13. The molecule has 0 heterocycles. The Morgan fingerprint density at radius 2 is 1.81 bits per heavy atom. The van der Waals surface area contributed by atoms with E-state index in [2.05, 4.69) is 44.3 Å². The highest BCUT2D eigenvalue weighted by molar-refractivity contribution is 5.30. The Bertz CT molecular complexity index is 332. The highest BCUT2D eigenvalue weighted by Crippen LogP contribution is 2.26. The predicted molar refractivity (Wildman–Crippen MR) is 69.7 cm³/mol. The smallest absolute Gasteiger partial charge is 0.0292 e. The van der Waals surface area contributed by atoms with Gasteiger partial charge in [-0.15, -0.1) is 0 Å². The minimum absolute atomic E-state index is 0.485. The maximum Gasteiger partial charge on any atom is 0.0292 e. The molecule has 1 atom stereocenters. The summed E-state index contributed by atoms with van der Waals surface area (Å²) in [5.41, 5.74) is 4.16. The van der Waals surface area contributed by atoms with Crippen molar-refractivity contribution in [2.24, 2.45) is 5.92 Å². The van der Waals surface area contributed by atoms with E-state index in [0.29, 0.717) is 6.04 Å². The number of hydrogen-bond donors (Lipinski definition) is 1. The van der Waals surface area contributed by atoms with Gasteiger partial charge in [-0.25, -0.2) is 0 Å². The minimum Gasteiger partial charge on any atom is -0.310 e. The molecule has 1 nitrogen and oxygen atoms in total. The first-order valence-corrected chi connectivity index (χ1v) is 6.47. The summed E-state index contributed by atoms with van der Waals surface area (Å²) >= 11 is 0. The van der Waals surface area contributed by atoms with Gasteiger partial charge in [0, 0.05) is 6.04 Å². The molecule has 0 aliphatic heterocycles. The van der Waals surface area contributed by atoms with Gasteiger partial charge in [0.2, 0.25) is 0 Å². The number of aryl methyl sites for hydroxylation is 2. The van der Waals surface area contributed by atoms with E-state index >= 15 is 0 Å². The molecule has 1 aliphatic rings. The van der Waals surface area contributed by atoms with Gasteiger partial charge < -0.3 is 5.32 Å². The standard InChI is InChI=1S/C15H23N/c1-11-7-12(2)9-15(8-11)13(3)16-10-14-5-4-6-14/h7-9,13-14,16H,4-6,10H2,1-3H3. The van der Waals surface area contributed by atoms with Gasteiger partial charge in [-0.1, -0.05) is 35.7 Å². The van der Waals surface area contributed by atoms with Crippen molar-refractivity contribution in [3.8, 4) is 0 Å². The lowest BCUT2D eigenvalue weighted by atomic mass is 9.85. The Morgan fingerprint density at radius 1 is 1.19 bits per heavy atom. The van der Waals surface area contributed by atoms with E-state index in [4.69, 9.17) is 0 Å². The van der Waals surface area contributed by atoms with Crippen molar-refractivity contribution in [2.75, 3.05) is 6.54 Å². The Hall–Kier alpha value is -0.820. The van der Waals surface area contributed by atoms with Crippen LogP contribution in [0.2, 0.25) is 0 Å². The second-order valence-corrected chi connectivity index (χ2v) is 5.35. The van der Waals surface area contributed by atoms with Crippen LogP contribution in [0.3, 0.4) is 0 Å². The van der Waals surface area contributed by atoms with Crippen molar-refractivity contribution in [1.82, 2.24) is 5.32 Å². The zero-order valence-electron chi connectivity index (χ0n) is 10.7. The maximum absolute atomic E-state index is 3.66. The highest BCUT2D eigenvalue weighted by atomic mass is 14.9. The van der Waals surface area contributed by atoms with Crippen LogP contribution in [-0.4, -0.2) is 6.54 Å². The molecule has 1 N–H and O–H groups in total. The van der Waals surface area contributed by atoms with Crippen molar-refractivity contribution in [1.29, 1.82) is 0 Å². The van der Waals surface area contributed by atoms with E-state index in [0.717, 1.165) is 5.92 Å². The van der Waals surface area contributed by atoms with Crippen LogP contribution in [0, 0.1) is 19.8 Å². The summed E-state index contributed by atoms with van der Waals surface area (Å²) in [6, 6.07) is 7.32. The summed E-state index contributed by atoms with van der Waals surface area (Å²) in [6.07, 6.45) is 4.28. The molecule has 1 aromatic rings. The van der Waals surface area contributed by atoms with Crippen molar-refractivity contribution in [2.45, 2.75) is 46.1 Å². The van der Waals surface area contributed by atoms with Crippen LogP contribution in [-0.2, 0) is 0 Å². The van der Waals surface area contributed by atoms with Crippen molar-refractivity contribution in [3.63, 3.8) is 0 Å². The maximum atomic E-state index is 3.66. The molecule has 0 aromatic heterocycles. The molecule has 1 saturated carbocycles. The lowest BCUT2D eigenvalue weighted by molar-refractivity contribution is 0.292. The fraction of sp³-hybridized carbons (Fsp3) is 0.600. The summed E-state index contributed by atoms with van der Waals surface area (Å²) in [5.74, 6) is 0.938. The summed E-state index contributed by atoms with van der Waals surface area (Å²) < 4.78 is 0. The Kier molecular flexibility index (Phi) is 3.65. The number of rotatable bonds is 4. The van der Waals surface area contributed by atoms with Crippen LogP contribution in [0.1, 0.15) is 48.9 Å². The largest absolute Gasteiger partial charge is 0.310 e. The minimum atomic E-state index is 0.485. The lowest BCUT2D eigenvalue weighted by Gasteiger charge is -2.27. The van der Waals surface area contributed by atoms with Crippen LogP contribution < -0.4 is 5.32 Å². The van der Waals surface area contributed by atoms with E-state index in [1.165, 1.54) is 42.5 Å². The van der Waals surface area contributed by atoms with Crippen molar-refractivity contribution in [3.05, 3.63) is 34.9 Å². The SMILES string of the molecule is Cc1cc(C)cc(C(C)NCC2CCC2)c1. The number of benzene rings is 1. The van der Waals surface area contributed by atoms with Crippen LogP contribution in [0.15, 0.2) is 18.2 Å². The lowest BCUT2D eigenvalue weighted by Crippen LogP contribution is -2.29. The summed E-state index contributed by atoms with van der Waals surface area (Å²) in [6.45, 7) is 7.81. The predicted octanol–water partition coefficient (Wildman–Crippen LogP) is 3.75. The van der Waals surface area contributed by atoms with Crippen LogP contribution >= 0.6 is 0 Å². The average molecular weight is 217 g/mol. The van der Waals surface area contributed by atoms with Gasteiger partial charge in [0.25, 0.3) is 0 Å². The van der Waals surface area contributed by atoms with E-state index in [1.807, 2.05) is 0 Å². The monoisotopic (exact) mass is 217 g/mol. The normalized spacial score (nSPS) is 18.2. The fourth-order valence-electron chi connectivity index (χ4n) is 2.42. The number of nitrogens with one attached hydrogen (secondary N) is 1. The van der Waals surface area contributed by atoms with Crippen LogP contribution in [0.5, 0.6) is 0 Å². The Labute approximate surface area is 99.3 Å². The summed E-state index contributed by atoms with van der Waals surface area (Å²) in [4.78, 5) is 0. The molecule has 0 amide bonds. The molecule has 0 radical (unpaired) electrons. The van der Waals surface area contributed by atoms with Gasteiger partial charge in [-0.2, -0.15) is 0 Å². The third-order valence-electron chi connectivity index (χ3n) is 3.68. The molecule has 16 heavy (non-hydrogen) atoms. The Morgan fingerprint density at radius 3 is 2.31 bits per heavy atom. The van der Waals surface area contributed by atoms with E-state index in [-0.39, 0.29) is 0 Å². The topological polar surface area (TPSA) is 12.0 Å². The third kappa shape index (κ3) is 2.85. The van der Waals surface area contributed by atoms with E-state index in [9.17, 15) is 0 Å². The van der Waals surface area contributed by atoms with Gasteiger partial charge in [0.05, 0.1) is 0 Å². The molecule has 2 rings (SSSR count). The van der Waals surface area contributed by atoms with Gasteiger partial charge >= 0.3 is 0 Å². The molecule has 1 aromatic carbocycles. The summed E-state index contributed by atoms with van der Waals surface area (Å²) in [5, 5.41) is 3.66. The highest BCUT2D eigenvalue weighted by Gasteiger charge is 2.17. The molecule has 1 unspecified atom stereocenters. The van der Waals surface area contributed by atoms with Crippen molar-refractivity contribution >= 4 is 0 Å². The summed E-state index contributed by atoms with van der Waals surface area (Å²) in [7, 11) is 0. The fourth-order valence-corrected chi connectivity index (χ4v) is 2.42. The van der Waals surface area contributed by atoms with Gasteiger partial charge in [0.1, 0.15) is 0 Å². The molecule has 0 spiro atoms. The van der Waals surface area contributed by atoms with Crippen LogP contribution in [0.25, 0.3) is 0 Å². The molecular weight excluding hydrogens is 194 g/mol. The zero-order valence-corrected chi connectivity index (χ0v) is 10.7. The first kappa shape index (κ1) is 11.7.